The van der Waals surface area contributed by atoms with Crippen LogP contribution in [0.5, 0.6) is 5.88 Å². The van der Waals surface area contributed by atoms with Crippen LogP contribution in [0.4, 0.5) is 5.69 Å². The zero-order valence-corrected chi connectivity index (χ0v) is 15.8. The minimum atomic E-state index is -1.10. The summed E-state index contributed by atoms with van der Waals surface area (Å²) in [5.41, 5.74) is 1.69. The van der Waals surface area contributed by atoms with Gasteiger partial charge in [-0.1, -0.05) is 19.1 Å². The van der Waals surface area contributed by atoms with Crippen molar-refractivity contribution in [1.82, 2.24) is 10.3 Å². The van der Waals surface area contributed by atoms with Crippen molar-refractivity contribution in [1.29, 1.82) is 0 Å². The molecule has 8 heteroatoms. The first-order valence-corrected chi connectivity index (χ1v) is 8.89. The molecule has 8 nitrogen and oxygen atoms in total. The minimum absolute atomic E-state index is 0.00561. The number of ether oxygens (including phenoxy) is 1. The number of amides is 2. The molecule has 0 fully saturated rings. The first-order chi connectivity index (χ1) is 13.4. The second kappa shape index (κ2) is 10.1. The third kappa shape index (κ3) is 6.71. The summed E-state index contributed by atoms with van der Waals surface area (Å²) in [5.74, 6) is -1.39. The Kier molecular flexibility index (Phi) is 7.50. The highest BCUT2D eigenvalue weighted by Gasteiger charge is 2.10. The van der Waals surface area contributed by atoms with Gasteiger partial charge in [0.15, 0.2) is 0 Å². The monoisotopic (exact) mass is 385 g/mol. The van der Waals surface area contributed by atoms with Crippen molar-refractivity contribution in [3.8, 4) is 5.88 Å². The van der Waals surface area contributed by atoms with Crippen LogP contribution in [-0.2, 0) is 16.0 Å². The molecule has 0 radical (unpaired) electrons. The summed E-state index contributed by atoms with van der Waals surface area (Å²) in [7, 11) is 0. The van der Waals surface area contributed by atoms with E-state index in [4.69, 9.17) is 9.84 Å². The molecular weight excluding hydrogens is 362 g/mol. The van der Waals surface area contributed by atoms with Gasteiger partial charge in [-0.3, -0.25) is 14.4 Å². The predicted octanol–water partition coefficient (Wildman–Crippen LogP) is 2.25. The van der Waals surface area contributed by atoms with Crippen molar-refractivity contribution in [3.63, 3.8) is 0 Å². The van der Waals surface area contributed by atoms with Crippen LogP contribution in [0.15, 0.2) is 42.6 Å². The molecule has 0 aliphatic rings. The molecule has 0 spiro atoms. The van der Waals surface area contributed by atoms with E-state index in [0.717, 1.165) is 6.42 Å². The molecule has 1 heterocycles. The van der Waals surface area contributed by atoms with Crippen molar-refractivity contribution in [2.75, 3.05) is 11.9 Å². The lowest BCUT2D eigenvalue weighted by Crippen LogP contribution is -2.30. The predicted molar refractivity (Wildman–Crippen MR) is 103 cm³/mol. The van der Waals surface area contributed by atoms with Crippen LogP contribution in [0.2, 0.25) is 0 Å². The Bertz CT molecular complexity index is 836. The van der Waals surface area contributed by atoms with Gasteiger partial charge < -0.3 is 20.5 Å². The zero-order valence-electron chi connectivity index (χ0n) is 15.8. The van der Waals surface area contributed by atoms with Gasteiger partial charge in [-0.15, -0.1) is 0 Å². The second-order valence-electron chi connectivity index (χ2n) is 6.22. The van der Waals surface area contributed by atoms with Crippen LogP contribution in [0.25, 0.3) is 0 Å². The van der Waals surface area contributed by atoms with Crippen molar-refractivity contribution >= 4 is 23.5 Å². The van der Waals surface area contributed by atoms with Gasteiger partial charge in [0.2, 0.25) is 11.8 Å². The van der Waals surface area contributed by atoms with E-state index in [-0.39, 0.29) is 24.3 Å². The van der Waals surface area contributed by atoms with Gasteiger partial charge in [-0.2, -0.15) is 0 Å². The van der Waals surface area contributed by atoms with E-state index in [1.807, 2.05) is 13.8 Å². The number of aromatic nitrogens is 1. The molecule has 28 heavy (non-hydrogen) atoms. The number of carboxylic acid groups (broad SMARTS) is 1. The molecule has 2 amide bonds. The quantitative estimate of drug-likeness (QED) is 0.609. The van der Waals surface area contributed by atoms with Crippen LogP contribution in [0.1, 0.15) is 36.2 Å². The molecule has 1 atom stereocenters. The number of rotatable bonds is 9. The number of nitrogens with one attached hydrogen (secondary N) is 2. The Labute approximate surface area is 162 Å². The highest BCUT2D eigenvalue weighted by Crippen LogP contribution is 2.15. The molecule has 2 aromatic rings. The summed E-state index contributed by atoms with van der Waals surface area (Å²) in [6, 6.07) is 9.92. The number of nitrogens with zero attached hydrogens (tertiary/aromatic N) is 1. The number of benzene rings is 1. The van der Waals surface area contributed by atoms with E-state index in [2.05, 4.69) is 15.6 Å². The lowest BCUT2D eigenvalue weighted by atomic mass is 10.1. The molecule has 1 aromatic carbocycles. The molecule has 0 saturated carbocycles. The van der Waals surface area contributed by atoms with Crippen LogP contribution in [0, 0.1) is 0 Å². The average molecular weight is 385 g/mol. The van der Waals surface area contributed by atoms with Gasteiger partial charge in [0.1, 0.15) is 6.54 Å². The molecule has 1 aromatic heterocycles. The molecule has 0 aliphatic carbocycles. The lowest BCUT2D eigenvalue weighted by Gasteiger charge is -2.12. The molecular formula is C20H23N3O5. The Morgan fingerprint density at radius 1 is 1.18 bits per heavy atom. The van der Waals surface area contributed by atoms with E-state index >= 15 is 0 Å². The van der Waals surface area contributed by atoms with Crippen molar-refractivity contribution in [3.05, 3.63) is 53.7 Å². The Morgan fingerprint density at radius 2 is 1.89 bits per heavy atom. The number of carbonyl (C=O) groups is 3. The fourth-order valence-electron chi connectivity index (χ4n) is 2.24. The SMILES string of the molecule is CCC(C)Oc1cc(C(=O)Nc2ccc(CC(=O)NCC(=O)O)cc2)ccn1. The Hall–Kier alpha value is -3.42. The van der Waals surface area contributed by atoms with Crippen molar-refractivity contribution in [2.24, 2.45) is 0 Å². The van der Waals surface area contributed by atoms with Gasteiger partial charge >= 0.3 is 5.97 Å². The second-order valence-corrected chi connectivity index (χ2v) is 6.22. The summed E-state index contributed by atoms with van der Waals surface area (Å²) < 4.78 is 5.63. The maximum atomic E-state index is 12.4. The summed E-state index contributed by atoms with van der Waals surface area (Å²) in [5, 5.41) is 13.6. The topological polar surface area (TPSA) is 118 Å². The summed E-state index contributed by atoms with van der Waals surface area (Å²) >= 11 is 0. The van der Waals surface area contributed by atoms with Gasteiger partial charge in [0, 0.05) is 23.5 Å². The number of hydrogen-bond acceptors (Lipinski definition) is 5. The number of carboxylic acids is 1. The third-order valence-corrected chi connectivity index (χ3v) is 3.91. The van der Waals surface area contributed by atoms with Crippen molar-refractivity contribution < 1.29 is 24.2 Å². The smallest absolute Gasteiger partial charge is 0.322 e. The highest BCUT2D eigenvalue weighted by molar-refractivity contribution is 6.04. The van der Waals surface area contributed by atoms with Gasteiger partial charge in [0.05, 0.1) is 12.5 Å². The Balaban J connectivity index is 1.94. The van der Waals surface area contributed by atoms with Crippen LogP contribution >= 0.6 is 0 Å². The first kappa shape index (κ1) is 20.9. The fourth-order valence-corrected chi connectivity index (χ4v) is 2.24. The minimum Gasteiger partial charge on any atom is -0.480 e. The number of pyridine rings is 1. The molecule has 0 aliphatic heterocycles. The van der Waals surface area contributed by atoms with Crippen molar-refractivity contribution in [2.45, 2.75) is 32.8 Å². The summed E-state index contributed by atoms with van der Waals surface area (Å²) in [6.07, 6.45) is 2.41. The van der Waals surface area contributed by atoms with E-state index in [9.17, 15) is 14.4 Å². The number of hydrogen-bond donors (Lipinski definition) is 3. The number of anilines is 1. The van der Waals surface area contributed by atoms with Crippen LogP contribution < -0.4 is 15.4 Å². The molecule has 3 N–H and O–H groups in total. The maximum absolute atomic E-state index is 12.4. The van der Waals surface area contributed by atoms with Gasteiger partial charge in [-0.05, 0) is 37.1 Å². The van der Waals surface area contributed by atoms with E-state index in [1.165, 1.54) is 6.20 Å². The van der Waals surface area contributed by atoms with E-state index in [0.29, 0.717) is 22.7 Å². The first-order valence-electron chi connectivity index (χ1n) is 8.89. The lowest BCUT2D eigenvalue weighted by molar-refractivity contribution is -0.137. The summed E-state index contributed by atoms with van der Waals surface area (Å²) in [6.45, 7) is 3.51. The zero-order chi connectivity index (χ0) is 20.5. The van der Waals surface area contributed by atoms with Crippen LogP contribution in [-0.4, -0.2) is 40.5 Å². The van der Waals surface area contributed by atoms with Gasteiger partial charge in [-0.25, -0.2) is 4.98 Å². The largest absolute Gasteiger partial charge is 0.480 e. The molecule has 0 bridgehead atoms. The fraction of sp³-hybridized carbons (Fsp3) is 0.300. The summed E-state index contributed by atoms with van der Waals surface area (Å²) in [4.78, 5) is 38.6. The van der Waals surface area contributed by atoms with Gasteiger partial charge in [0.25, 0.3) is 5.91 Å². The molecule has 1 unspecified atom stereocenters. The third-order valence-electron chi connectivity index (χ3n) is 3.91. The maximum Gasteiger partial charge on any atom is 0.322 e. The van der Waals surface area contributed by atoms with Crippen LogP contribution in [0.3, 0.4) is 0 Å². The average Bonchev–Trinajstić information content (AvgIpc) is 2.68. The highest BCUT2D eigenvalue weighted by atomic mass is 16.5. The number of aliphatic carboxylic acids is 1. The molecule has 2 rings (SSSR count). The number of carbonyl (C=O) groups excluding carboxylic acids is 2. The molecule has 0 saturated heterocycles. The van der Waals surface area contributed by atoms with E-state index in [1.54, 1.807) is 36.4 Å². The standard InChI is InChI=1S/C20H23N3O5/c1-3-13(2)28-18-11-15(8-9-21-18)20(27)23-16-6-4-14(5-7-16)10-17(24)22-12-19(25)26/h4-9,11,13H,3,10,12H2,1-2H3,(H,22,24)(H,23,27)(H,25,26). The molecule has 148 valence electrons. The normalized spacial score (nSPS) is 11.4. The Morgan fingerprint density at radius 3 is 2.54 bits per heavy atom. The van der Waals surface area contributed by atoms with E-state index < -0.39 is 12.5 Å².